The van der Waals surface area contributed by atoms with Crippen molar-refractivity contribution in [3.63, 3.8) is 0 Å². The lowest BCUT2D eigenvalue weighted by atomic mass is 9.96. The molecular weight excluding hydrogens is 388 g/mol. The fourth-order valence-corrected chi connectivity index (χ4v) is 3.83. The van der Waals surface area contributed by atoms with E-state index in [1.807, 2.05) is 18.2 Å². The van der Waals surface area contributed by atoms with Gasteiger partial charge in [0.25, 0.3) is 0 Å². The highest BCUT2D eigenvalue weighted by molar-refractivity contribution is 9.10. The van der Waals surface area contributed by atoms with Crippen LogP contribution < -0.4 is 4.74 Å². The molecule has 3 nitrogen and oxygen atoms in total. The average Bonchev–Trinajstić information content (AvgIpc) is 3.02. The van der Waals surface area contributed by atoms with Crippen LogP contribution in [0.5, 0.6) is 5.75 Å². The summed E-state index contributed by atoms with van der Waals surface area (Å²) in [5.74, 6) is 0.936. The molecule has 2 aromatic rings. The summed E-state index contributed by atoms with van der Waals surface area (Å²) in [4.78, 5) is 0. The van der Waals surface area contributed by atoms with Crippen molar-refractivity contribution in [3.05, 3.63) is 63.1 Å². The van der Waals surface area contributed by atoms with Crippen molar-refractivity contribution in [2.24, 2.45) is 5.10 Å². The van der Waals surface area contributed by atoms with Crippen LogP contribution in [0.2, 0.25) is 5.02 Å². The number of benzene rings is 2. The van der Waals surface area contributed by atoms with Gasteiger partial charge in [0.05, 0.1) is 11.8 Å². The van der Waals surface area contributed by atoms with E-state index in [-0.39, 0.29) is 12.3 Å². The number of hydrogen-bond acceptors (Lipinski definition) is 3. The van der Waals surface area contributed by atoms with Gasteiger partial charge in [-0.3, -0.25) is 5.01 Å². The Bertz CT molecular complexity index is 790. The topological polar surface area (TPSA) is 24.8 Å². The summed E-state index contributed by atoms with van der Waals surface area (Å²) in [5.41, 5.74) is 3.39. The smallest absolute Gasteiger partial charge is 0.187 e. The molecule has 0 aromatic heterocycles. The van der Waals surface area contributed by atoms with E-state index in [4.69, 9.17) is 21.4 Å². The largest absolute Gasteiger partial charge is 0.469 e. The highest BCUT2D eigenvalue weighted by Crippen LogP contribution is 2.44. The number of rotatable bonds is 3. The van der Waals surface area contributed by atoms with Gasteiger partial charge in [0, 0.05) is 27.9 Å². The van der Waals surface area contributed by atoms with E-state index in [1.54, 1.807) is 0 Å². The maximum absolute atomic E-state index is 6.22. The van der Waals surface area contributed by atoms with E-state index in [0.717, 1.165) is 51.3 Å². The van der Waals surface area contributed by atoms with Crippen LogP contribution in [0.15, 0.2) is 52.0 Å². The molecule has 0 unspecified atom stereocenters. The predicted octanol–water partition coefficient (Wildman–Crippen LogP) is 5.77. The second-order valence-electron chi connectivity index (χ2n) is 6.20. The van der Waals surface area contributed by atoms with Crippen molar-refractivity contribution in [1.29, 1.82) is 0 Å². The molecule has 0 aliphatic carbocycles. The minimum atomic E-state index is -0.0124. The molecule has 0 saturated carbocycles. The first-order valence-electron chi connectivity index (χ1n) is 8.23. The third-order valence-corrected chi connectivity index (χ3v) is 5.31. The van der Waals surface area contributed by atoms with Crippen LogP contribution in [0.4, 0.5) is 0 Å². The van der Waals surface area contributed by atoms with Crippen LogP contribution in [0.25, 0.3) is 0 Å². The molecule has 0 bridgehead atoms. The molecule has 0 spiro atoms. The second kappa shape index (κ2) is 6.41. The quantitative estimate of drug-likeness (QED) is 0.647. The molecule has 2 atom stereocenters. The van der Waals surface area contributed by atoms with Crippen LogP contribution in [0.1, 0.15) is 43.4 Å². The van der Waals surface area contributed by atoms with Crippen LogP contribution in [0.3, 0.4) is 0 Å². The number of nitrogens with zero attached hydrogens (tertiary/aromatic N) is 2. The van der Waals surface area contributed by atoms with Gasteiger partial charge in [0.2, 0.25) is 0 Å². The molecule has 2 heterocycles. The molecular formula is C19H18BrClN2O. The number of hydrogen-bond donors (Lipinski definition) is 0. The van der Waals surface area contributed by atoms with Crippen LogP contribution in [-0.2, 0) is 0 Å². The first-order chi connectivity index (χ1) is 11.7. The number of fused-ring (bicyclic) bond motifs is 3. The van der Waals surface area contributed by atoms with Crippen molar-refractivity contribution >= 4 is 33.2 Å². The van der Waals surface area contributed by atoms with Gasteiger partial charge >= 0.3 is 0 Å². The van der Waals surface area contributed by atoms with Crippen molar-refractivity contribution in [2.45, 2.75) is 38.5 Å². The van der Waals surface area contributed by atoms with Crippen molar-refractivity contribution in [2.75, 3.05) is 0 Å². The van der Waals surface area contributed by atoms with E-state index >= 15 is 0 Å². The normalized spacial score (nSPS) is 21.8. The van der Waals surface area contributed by atoms with Crippen molar-refractivity contribution in [3.8, 4) is 5.75 Å². The third-order valence-electron chi connectivity index (χ3n) is 4.54. The Morgan fingerprint density at radius 3 is 2.79 bits per heavy atom. The standard InChI is InChI=1S/C19H18BrClN2O/c1-2-3-19-23-17(15-10-14(21)8-9-18(15)24-19)11-16(22-23)12-4-6-13(20)7-5-12/h4-10,17,19H,2-3,11H2,1H3/t17-,19-/m1/s1. The van der Waals surface area contributed by atoms with E-state index < -0.39 is 0 Å². The Hall–Kier alpha value is -1.52. The molecule has 124 valence electrons. The van der Waals surface area contributed by atoms with Gasteiger partial charge in [-0.05, 0) is 35.9 Å². The molecule has 5 heteroatoms. The molecule has 24 heavy (non-hydrogen) atoms. The number of ether oxygens (including phenoxy) is 1. The lowest BCUT2D eigenvalue weighted by Crippen LogP contribution is -2.40. The van der Waals surface area contributed by atoms with Gasteiger partial charge in [-0.15, -0.1) is 0 Å². The minimum absolute atomic E-state index is 0.0124. The highest BCUT2D eigenvalue weighted by Gasteiger charge is 2.39. The van der Waals surface area contributed by atoms with Crippen LogP contribution >= 0.6 is 27.5 Å². The first kappa shape index (κ1) is 16.0. The lowest BCUT2D eigenvalue weighted by molar-refractivity contribution is -0.0223. The van der Waals surface area contributed by atoms with Gasteiger partial charge in [-0.25, -0.2) is 0 Å². The lowest BCUT2D eigenvalue weighted by Gasteiger charge is -2.38. The molecule has 0 N–H and O–H groups in total. The van der Waals surface area contributed by atoms with Crippen LogP contribution in [0, 0.1) is 0 Å². The zero-order valence-electron chi connectivity index (χ0n) is 13.4. The predicted molar refractivity (Wildman–Crippen MR) is 101 cm³/mol. The van der Waals surface area contributed by atoms with Gasteiger partial charge in [0.15, 0.2) is 6.23 Å². The summed E-state index contributed by atoms with van der Waals surface area (Å²) in [5, 5.41) is 7.77. The average molecular weight is 406 g/mol. The van der Waals surface area contributed by atoms with E-state index in [1.165, 1.54) is 0 Å². The van der Waals surface area contributed by atoms with Gasteiger partial charge in [-0.2, -0.15) is 5.10 Å². The zero-order chi connectivity index (χ0) is 16.7. The molecule has 4 rings (SSSR count). The molecule has 0 radical (unpaired) electrons. The Morgan fingerprint density at radius 2 is 2.04 bits per heavy atom. The van der Waals surface area contributed by atoms with E-state index in [0.29, 0.717) is 0 Å². The summed E-state index contributed by atoms with van der Waals surface area (Å²) in [7, 11) is 0. The maximum Gasteiger partial charge on any atom is 0.187 e. The Labute approximate surface area is 155 Å². The first-order valence-corrected chi connectivity index (χ1v) is 9.40. The molecule has 0 saturated heterocycles. The molecule has 2 aliphatic heterocycles. The molecule has 0 amide bonds. The third kappa shape index (κ3) is 2.82. The van der Waals surface area contributed by atoms with Gasteiger partial charge in [-0.1, -0.05) is 53.0 Å². The summed E-state index contributed by atoms with van der Waals surface area (Å²) in [6.45, 7) is 2.17. The van der Waals surface area contributed by atoms with Crippen molar-refractivity contribution in [1.82, 2.24) is 5.01 Å². The van der Waals surface area contributed by atoms with Gasteiger partial charge < -0.3 is 4.74 Å². The second-order valence-corrected chi connectivity index (χ2v) is 7.55. The maximum atomic E-state index is 6.22. The molecule has 2 aliphatic rings. The fourth-order valence-electron chi connectivity index (χ4n) is 3.39. The summed E-state index contributed by atoms with van der Waals surface area (Å²) < 4.78 is 7.27. The summed E-state index contributed by atoms with van der Waals surface area (Å²) in [6, 6.07) is 14.4. The Morgan fingerprint density at radius 1 is 1.25 bits per heavy atom. The Balaban J connectivity index is 1.72. The minimum Gasteiger partial charge on any atom is -0.469 e. The Kier molecular flexibility index (Phi) is 4.27. The number of hydrazone groups is 1. The van der Waals surface area contributed by atoms with Crippen LogP contribution in [-0.4, -0.2) is 16.9 Å². The van der Waals surface area contributed by atoms with Gasteiger partial charge in [0.1, 0.15) is 5.75 Å². The molecule has 2 aromatic carbocycles. The fraction of sp³-hybridized carbons (Fsp3) is 0.316. The van der Waals surface area contributed by atoms with E-state index in [9.17, 15) is 0 Å². The van der Waals surface area contributed by atoms with Crippen molar-refractivity contribution < 1.29 is 4.74 Å². The van der Waals surface area contributed by atoms with E-state index in [2.05, 4.69) is 52.1 Å². The highest BCUT2D eigenvalue weighted by atomic mass is 79.9. The summed E-state index contributed by atoms with van der Waals surface area (Å²) in [6.07, 6.45) is 2.87. The zero-order valence-corrected chi connectivity index (χ0v) is 15.7. The summed E-state index contributed by atoms with van der Waals surface area (Å²) >= 11 is 9.71. The number of halogens is 2. The SMILES string of the molecule is CCC[C@H]1Oc2ccc(Cl)cc2[C@H]2CC(c3ccc(Br)cc3)=NN21. The monoisotopic (exact) mass is 404 g/mol. The molecule has 0 fully saturated rings.